The van der Waals surface area contributed by atoms with Crippen molar-refractivity contribution in [3.63, 3.8) is 0 Å². The van der Waals surface area contributed by atoms with Crippen LogP contribution >= 0.6 is 0 Å². The van der Waals surface area contributed by atoms with Crippen molar-refractivity contribution >= 4 is 11.8 Å². The lowest BCUT2D eigenvalue weighted by molar-refractivity contribution is -0.142. The van der Waals surface area contributed by atoms with Crippen LogP contribution in [0.1, 0.15) is 63.1 Å². The normalized spacial score (nSPS) is 11.8. The van der Waals surface area contributed by atoms with E-state index >= 15 is 0 Å². The fraction of sp³-hybridized carbons (Fsp3) is 0.462. The molecule has 2 rings (SSSR count). The van der Waals surface area contributed by atoms with E-state index in [4.69, 9.17) is 4.74 Å². The summed E-state index contributed by atoms with van der Waals surface area (Å²) in [5.41, 5.74) is 3.33. The van der Waals surface area contributed by atoms with Crippen LogP contribution in [0.25, 0.3) is 0 Å². The molecule has 5 nitrogen and oxygen atoms in total. The Hall–Kier alpha value is -2.82. The van der Waals surface area contributed by atoms with Gasteiger partial charge in [-0.3, -0.25) is 9.59 Å². The smallest absolute Gasteiger partial charge is 0.261 e. The molecular formula is C26H36N2O3. The molecule has 0 saturated carbocycles. The predicted molar refractivity (Wildman–Crippen MR) is 125 cm³/mol. The van der Waals surface area contributed by atoms with Crippen LogP contribution in [0, 0.1) is 6.92 Å². The van der Waals surface area contributed by atoms with E-state index in [9.17, 15) is 9.59 Å². The monoisotopic (exact) mass is 424 g/mol. The van der Waals surface area contributed by atoms with Crippen molar-refractivity contribution in [3.8, 4) is 5.75 Å². The summed E-state index contributed by atoms with van der Waals surface area (Å²) in [5, 5.41) is 2.94. The van der Waals surface area contributed by atoms with Crippen LogP contribution in [0.2, 0.25) is 0 Å². The Morgan fingerprint density at radius 1 is 1.03 bits per heavy atom. The predicted octanol–water partition coefficient (Wildman–Crippen LogP) is 4.83. The van der Waals surface area contributed by atoms with Crippen LogP contribution in [0.15, 0.2) is 48.5 Å². The number of rotatable bonds is 11. The number of nitrogens with one attached hydrogen (secondary N) is 1. The summed E-state index contributed by atoms with van der Waals surface area (Å²) in [6.45, 7) is 11.0. The number of ether oxygens (including phenoxy) is 1. The molecule has 0 aliphatic carbocycles. The van der Waals surface area contributed by atoms with Gasteiger partial charge in [0.2, 0.25) is 5.91 Å². The van der Waals surface area contributed by atoms with E-state index in [0.29, 0.717) is 24.8 Å². The molecule has 0 aliphatic heterocycles. The Morgan fingerprint density at radius 3 is 2.32 bits per heavy atom. The van der Waals surface area contributed by atoms with Crippen LogP contribution in [0.5, 0.6) is 5.75 Å². The fourth-order valence-corrected chi connectivity index (χ4v) is 3.27. The Bertz CT molecular complexity index is 846. The molecular weight excluding hydrogens is 388 g/mol. The lowest BCUT2D eigenvalue weighted by Gasteiger charge is -2.29. The van der Waals surface area contributed by atoms with Crippen molar-refractivity contribution < 1.29 is 14.3 Å². The number of nitrogens with zero attached hydrogens (tertiary/aromatic N) is 1. The highest BCUT2D eigenvalue weighted by Crippen LogP contribution is 2.19. The molecule has 1 atom stereocenters. The molecule has 2 aromatic rings. The summed E-state index contributed by atoms with van der Waals surface area (Å²) < 4.78 is 5.76. The minimum atomic E-state index is -0.587. The van der Waals surface area contributed by atoms with E-state index in [0.717, 1.165) is 24.0 Å². The molecule has 2 aromatic carbocycles. The van der Waals surface area contributed by atoms with Crippen LogP contribution < -0.4 is 10.1 Å². The third-order valence-corrected chi connectivity index (χ3v) is 5.51. The quantitative estimate of drug-likeness (QED) is 0.526. The van der Waals surface area contributed by atoms with E-state index in [-0.39, 0.29) is 18.4 Å². The summed E-state index contributed by atoms with van der Waals surface area (Å²) >= 11 is 0. The van der Waals surface area contributed by atoms with Gasteiger partial charge in [0.05, 0.1) is 0 Å². The summed E-state index contributed by atoms with van der Waals surface area (Å²) in [4.78, 5) is 27.4. The summed E-state index contributed by atoms with van der Waals surface area (Å²) in [6.07, 6.45) is 1.92. The highest BCUT2D eigenvalue weighted by molar-refractivity contribution is 5.88. The van der Waals surface area contributed by atoms with Crippen molar-refractivity contribution in [2.45, 2.75) is 66.0 Å². The lowest BCUT2D eigenvalue weighted by atomic mass is 10.0. The number of benzene rings is 2. The van der Waals surface area contributed by atoms with E-state index in [1.807, 2.05) is 55.5 Å². The molecule has 0 fully saturated rings. The van der Waals surface area contributed by atoms with Crippen LogP contribution in [-0.2, 0) is 16.1 Å². The second-order valence-electron chi connectivity index (χ2n) is 8.28. The molecule has 0 radical (unpaired) electrons. The zero-order chi connectivity index (χ0) is 22.8. The number of aryl methyl sites for hydroxylation is 1. The average molecular weight is 425 g/mol. The Labute approximate surface area is 186 Å². The van der Waals surface area contributed by atoms with Crippen molar-refractivity contribution in [1.82, 2.24) is 10.2 Å². The number of carbonyl (C=O) groups excluding carboxylic acids is 2. The molecule has 31 heavy (non-hydrogen) atoms. The summed E-state index contributed by atoms with van der Waals surface area (Å²) in [7, 11) is 0. The van der Waals surface area contributed by atoms with Crippen molar-refractivity contribution in [2.24, 2.45) is 0 Å². The second-order valence-corrected chi connectivity index (χ2v) is 8.28. The minimum absolute atomic E-state index is 0.112. The molecule has 0 bridgehead atoms. The first-order chi connectivity index (χ1) is 14.8. The van der Waals surface area contributed by atoms with Gasteiger partial charge in [0, 0.05) is 13.1 Å². The van der Waals surface area contributed by atoms with Crippen LogP contribution in [0.3, 0.4) is 0 Å². The second kappa shape index (κ2) is 12.1. The molecule has 2 amide bonds. The van der Waals surface area contributed by atoms with Gasteiger partial charge in [-0.15, -0.1) is 0 Å². The van der Waals surface area contributed by atoms with Gasteiger partial charge in [0.25, 0.3) is 5.91 Å². The molecule has 168 valence electrons. The van der Waals surface area contributed by atoms with Gasteiger partial charge >= 0.3 is 0 Å². The first-order valence-corrected chi connectivity index (χ1v) is 11.2. The molecule has 0 saturated heterocycles. The maximum absolute atomic E-state index is 13.1. The van der Waals surface area contributed by atoms with E-state index in [1.54, 1.807) is 11.8 Å². The van der Waals surface area contributed by atoms with Gasteiger partial charge in [0.1, 0.15) is 11.8 Å². The summed E-state index contributed by atoms with van der Waals surface area (Å²) in [6, 6.07) is 15.1. The fourth-order valence-electron chi connectivity index (χ4n) is 3.27. The van der Waals surface area contributed by atoms with Gasteiger partial charge in [-0.05, 0) is 55.0 Å². The Kier molecular flexibility index (Phi) is 9.57. The minimum Gasteiger partial charge on any atom is -0.484 e. The number of hydrogen-bond acceptors (Lipinski definition) is 3. The standard InChI is InChI=1S/C26H36N2O3/c1-6-7-16-27-26(30)21(5)28(17-23-11-9-8-10-20(23)4)25(29)18-31-24-14-12-22(13-15-24)19(2)3/h8-15,19,21H,6-7,16-18H2,1-5H3,(H,27,30)/t21-/m0/s1. The first kappa shape index (κ1) is 24.4. The van der Waals surface area contributed by atoms with Crippen LogP contribution in [-0.4, -0.2) is 35.9 Å². The van der Waals surface area contributed by atoms with E-state index in [1.165, 1.54) is 5.56 Å². The SMILES string of the molecule is CCCCNC(=O)[C@H](C)N(Cc1ccccc1C)C(=O)COc1ccc(C(C)C)cc1. The molecule has 1 N–H and O–H groups in total. The highest BCUT2D eigenvalue weighted by Gasteiger charge is 2.26. The molecule has 0 heterocycles. The third-order valence-electron chi connectivity index (χ3n) is 5.51. The number of carbonyl (C=O) groups is 2. The number of hydrogen-bond donors (Lipinski definition) is 1. The Morgan fingerprint density at radius 2 is 1.71 bits per heavy atom. The number of amides is 2. The van der Waals surface area contributed by atoms with Gasteiger partial charge in [-0.25, -0.2) is 0 Å². The average Bonchev–Trinajstić information content (AvgIpc) is 2.76. The van der Waals surface area contributed by atoms with E-state index in [2.05, 4.69) is 26.1 Å². The van der Waals surface area contributed by atoms with Crippen molar-refractivity contribution in [1.29, 1.82) is 0 Å². The molecule has 0 spiro atoms. The van der Waals surface area contributed by atoms with Gasteiger partial charge in [-0.1, -0.05) is 63.6 Å². The van der Waals surface area contributed by atoms with Crippen LogP contribution in [0.4, 0.5) is 0 Å². The zero-order valence-electron chi connectivity index (χ0n) is 19.5. The van der Waals surface area contributed by atoms with Crippen molar-refractivity contribution in [2.75, 3.05) is 13.2 Å². The first-order valence-electron chi connectivity index (χ1n) is 11.2. The molecule has 0 unspecified atom stereocenters. The largest absolute Gasteiger partial charge is 0.484 e. The molecule has 5 heteroatoms. The number of unbranched alkanes of at least 4 members (excludes halogenated alkanes) is 1. The maximum Gasteiger partial charge on any atom is 0.261 e. The lowest BCUT2D eigenvalue weighted by Crippen LogP contribution is -2.49. The van der Waals surface area contributed by atoms with Gasteiger partial charge in [-0.2, -0.15) is 0 Å². The Balaban J connectivity index is 2.11. The van der Waals surface area contributed by atoms with Gasteiger partial charge < -0.3 is 15.0 Å². The maximum atomic E-state index is 13.1. The zero-order valence-corrected chi connectivity index (χ0v) is 19.5. The van der Waals surface area contributed by atoms with E-state index < -0.39 is 6.04 Å². The topological polar surface area (TPSA) is 58.6 Å². The summed E-state index contributed by atoms with van der Waals surface area (Å²) in [5.74, 6) is 0.729. The molecule has 0 aromatic heterocycles. The molecule has 0 aliphatic rings. The van der Waals surface area contributed by atoms with Crippen molar-refractivity contribution in [3.05, 3.63) is 65.2 Å². The highest BCUT2D eigenvalue weighted by atomic mass is 16.5. The third kappa shape index (κ3) is 7.42. The van der Waals surface area contributed by atoms with Gasteiger partial charge in [0.15, 0.2) is 6.61 Å².